The first kappa shape index (κ1) is 12.0. The minimum Gasteiger partial charge on any atom is -0.399 e. The molecular formula is C15H15N3S. The molecule has 0 saturated carbocycles. The second-order valence-corrected chi connectivity index (χ2v) is 5.89. The lowest BCUT2D eigenvalue weighted by atomic mass is 10.2. The van der Waals surface area contributed by atoms with Crippen molar-refractivity contribution >= 4 is 33.7 Å². The van der Waals surface area contributed by atoms with Crippen LogP contribution in [-0.2, 0) is 6.54 Å². The van der Waals surface area contributed by atoms with Crippen molar-refractivity contribution in [3.8, 4) is 0 Å². The second-order valence-electron chi connectivity index (χ2n) is 4.51. The molecule has 2 heterocycles. The van der Waals surface area contributed by atoms with Gasteiger partial charge in [0.25, 0.3) is 0 Å². The Morgan fingerprint density at radius 1 is 1.16 bits per heavy atom. The van der Waals surface area contributed by atoms with Gasteiger partial charge in [-0.3, -0.25) is 0 Å². The van der Waals surface area contributed by atoms with Gasteiger partial charge in [-0.05, 0) is 49.4 Å². The van der Waals surface area contributed by atoms with Gasteiger partial charge < -0.3 is 11.1 Å². The number of nitrogens with one attached hydrogen (secondary N) is 1. The predicted molar refractivity (Wildman–Crippen MR) is 82.5 cm³/mol. The van der Waals surface area contributed by atoms with Crippen molar-refractivity contribution in [2.45, 2.75) is 13.5 Å². The summed E-state index contributed by atoms with van der Waals surface area (Å²) in [5.41, 5.74) is 7.48. The summed E-state index contributed by atoms with van der Waals surface area (Å²) in [6.07, 6.45) is 0. The van der Waals surface area contributed by atoms with Crippen LogP contribution >= 0.6 is 11.3 Å². The van der Waals surface area contributed by atoms with Crippen molar-refractivity contribution in [3.63, 3.8) is 0 Å². The van der Waals surface area contributed by atoms with Crippen molar-refractivity contribution in [2.75, 3.05) is 11.1 Å². The number of anilines is 2. The molecule has 0 aliphatic carbocycles. The van der Waals surface area contributed by atoms with Crippen molar-refractivity contribution in [1.29, 1.82) is 0 Å². The first-order chi connectivity index (χ1) is 9.20. The van der Waals surface area contributed by atoms with E-state index in [0.29, 0.717) is 0 Å². The fraction of sp³-hybridized carbons (Fsp3) is 0.133. The van der Waals surface area contributed by atoms with Crippen molar-refractivity contribution in [3.05, 3.63) is 52.2 Å². The largest absolute Gasteiger partial charge is 0.399 e. The summed E-state index contributed by atoms with van der Waals surface area (Å²) < 4.78 is 0. The molecule has 1 aromatic carbocycles. The van der Waals surface area contributed by atoms with Crippen LogP contribution in [-0.4, -0.2) is 4.98 Å². The minimum absolute atomic E-state index is 0.768. The van der Waals surface area contributed by atoms with E-state index in [9.17, 15) is 0 Å². The van der Waals surface area contributed by atoms with Gasteiger partial charge in [0.15, 0.2) is 0 Å². The van der Waals surface area contributed by atoms with Crippen LogP contribution in [0, 0.1) is 6.92 Å². The van der Waals surface area contributed by atoms with E-state index in [-0.39, 0.29) is 0 Å². The third kappa shape index (κ3) is 2.69. The van der Waals surface area contributed by atoms with Crippen LogP contribution in [0.25, 0.3) is 10.9 Å². The van der Waals surface area contributed by atoms with Crippen molar-refractivity contribution < 1.29 is 0 Å². The monoisotopic (exact) mass is 269 g/mol. The zero-order valence-corrected chi connectivity index (χ0v) is 11.5. The number of nitrogen functional groups attached to an aromatic ring is 1. The highest BCUT2D eigenvalue weighted by Gasteiger charge is 2.00. The Morgan fingerprint density at radius 3 is 2.84 bits per heavy atom. The summed E-state index contributed by atoms with van der Waals surface area (Å²) in [5.74, 6) is 0.892. The molecule has 19 heavy (non-hydrogen) atoms. The van der Waals surface area contributed by atoms with Crippen molar-refractivity contribution in [2.24, 2.45) is 0 Å². The summed E-state index contributed by atoms with van der Waals surface area (Å²) in [4.78, 5) is 7.22. The third-order valence-corrected chi connectivity index (χ3v) is 3.95. The molecule has 0 spiro atoms. The van der Waals surface area contributed by atoms with E-state index in [1.165, 1.54) is 9.75 Å². The Morgan fingerprint density at radius 2 is 2.05 bits per heavy atom. The van der Waals surface area contributed by atoms with E-state index >= 15 is 0 Å². The Labute approximate surface area is 116 Å². The highest BCUT2D eigenvalue weighted by Crippen LogP contribution is 2.20. The lowest BCUT2D eigenvalue weighted by Crippen LogP contribution is -1.99. The summed E-state index contributed by atoms with van der Waals surface area (Å²) >= 11 is 1.81. The van der Waals surface area contributed by atoms with Gasteiger partial charge in [0.05, 0.1) is 12.1 Å². The average molecular weight is 269 g/mol. The van der Waals surface area contributed by atoms with Gasteiger partial charge in [0.1, 0.15) is 5.82 Å². The van der Waals surface area contributed by atoms with Gasteiger partial charge in [-0.1, -0.05) is 0 Å². The van der Waals surface area contributed by atoms with Crippen LogP contribution in [0.5, 0.6) is 0 Å². The lowest BCUT2D eigenvalue weighted by Gasteiger charge is -2.06. The van der Waals surface area contributed by atoms with Crippen LogP contribution < -0.4 is 11.1 Å². The van der Waals surface area contributed by atoms with Gasteiger partial charge in [0.2, 0.25) is 0 Å². The number of hydrogen-bond acceptors (Lipinski definition) is 4. The zero-order valence-electron chi connectivity index (χ0n) is 10.7. The highest BCUT2D eigenvalue weighted by molar-refractivity contribution is 7.11. The van der Waals surface area contributed by atoms with E-state index in [1.807, 2.05) is 30.3 Å². The van der Waals surface area contributed by atoms with Gasteiger partial charge in [-0.25, -0.2) is 4.98 Å². The molecule has 0 amide bonds. The number of nitrogens with zero attached hydrogens (tertiary/aromatic N) is 1. The molecule has 3 nitrogen and oxygen atoms in total. The molecule has 0 radical (unpaired) electrons. The van der Waals surface area contributed by atoms with Crippen LogP contribution in [0.3, 0.4) is 0 Å². The molecule has 0 fully saturated rings. The molecular weight excluding hydrogens is 254 g/mol. The second kappa shape index (κ2) is 4.90. The molecule has 96 valence electrons. The third-order valence-electron chi connectivity index (χ3n) is 2.95. The quantitative estimate of drug-likeness (QED) is 0.711. The fourth-order valence-corrected chi connectivity index (χ4v) is 2.83. The van der Waals surface area contributed by atoms with Gasteiger partial charge in [-0.2, -0.15) is 0 Å². The molecule has 2 aromatic heterocycles. The topological polar surface area (TPSA) is 50.9 Å². The maximum atomic E-state index is 5.76. The molecule has 0 atom stereocenters. The molecule has 3 rings (SSSR count). The van der Waals surface area contributed by atoms with Gasteiger partial charge in [-0.15, -0.1) is 11.3 Å². The number of thiophene rings is 1. The minimum atomic E-state index is 0.768. The summed E-state index contributed by atoms with van der Waals surface area (Å²) in [6, 6.07) is 14.1. The number of rotatable bonds is 3. The Balaban J connectivity index is 1.79. The summed E-state index contributed by atoms with van der Waals surface area (Å²) in [6.45, 7) is 2.93. The maximum Gasteiger partial charge on any atom is 0.126 e. The maximum absolute atomic E-state index is 5.76. The average Bonchev–Trinajstić information content (AvgIpc) is 2.82. The van der Waals surface area contributed by atoms with Gasteiger partial charge in [0, 0.05) is 20.8 Å². The molecule has 0 saturated heterocycles. The number of pyridine rings is 1. The van der Waals surface area contributed by atoms with Crippen LogP contribution in [0.15, 0.2) is 42.5 Å². The number of aromatic nitrogens is 1. The molecule has 3 N–H and O–H groups in total. The van der Waals surface area contributed by atoms with E-state index in [0.717, 1.165) is 29.0 Å². The molecule has 0 unspecified atom stereocenters. The smallest absolute Gasteiger partial charge is 0.126 e. The number of benzene rings is 1. The molecule has 0 bridgehead atoms. The summed E-state index contributed by atoms with van der Waals surface area (Å²) in [7, 11) is 0. The predicted octanol–water partition coefficient (Wildman–Crippen LogP) is 3.80. The molecule has 3 aromatic rings. The van der Waals surface area contributed by atoms with E-state index < -0.39 is 0 Å². The van der Waals surface area contributed by atoms with Crippen LogP contribution in [0.2, 0.25) is 0 Å². The lowest BCUT2D eigenvalue weighted by molar-refractivity contribution is 1.16. The van der Waals surface area contributed by atoms with Crippen LogP contribution in [0.4, 0.5) is 11.5 Å². The highest BCUT2D eigenvalue weighted by atomic mass is 32.1. The number of hydrogen-bond donors (Lipinski definition) is 2. The molecule has 4 heteroatoms. The number of aryl methyl sites for hydroxylation is 1. The van der Waals surface area contributed by atoms with E-state index in [2.05, 4.69) is 29.4 Å². The standard InChI is InChI=1S/C15H15N3S/c1-10-2-5-13(19-10)9-17-15-7-3-11-8-12(16)4-6-14(11)18-15/h2-8H,9,16H2,1H3,(H,17,18). The Bertz CT molecular complexity index is 718. The first-order valence-corrected chi connectivity index (χ1v) is 6.98. The Hall–Kier alpha value is -2.07. The van der Waals surface area contributed by atoms with Crippen molar-refractivity contribution in [1.82, 2.24) is 4.98 Å². The molecule has 0 aliphatic heterocycles. The molecule has 0 aliphatic rings. The normalized spacial score (nSPS) is 10.8. The SMILES string of the molecule is Cc1ccc(CNc2ccc3cc(N)ccc3n2)s1. The first-order valence-electron chi connectivity index (χ1n) is 6.16. The summed E-state index contributed by atoms with van der Waals surface area (Å²) in [5, 5.41) is 4.42. The fourth-order valence-electron chi connectivity index (χ4n) is 2.00. The zero-order chi connectivity index (χ0) is 13.2. The number of fused-ring (bicyclic) bond motifs is 1. The van der Waals surface area contributed by atoms with Gasteiger partial charge >= 0.3 is 0 Å². The van der Waals surface area contributed by atoms with E-state index in [1.54, 1.807) is 11.3 Å². The Kier molecular flexibility index (Phi) is 3.09. The number of nitrogens with two attached hydrogens (primary N) is 1. The van der Waals surface area contributed by atoms with E-state index in [4.69, 9.17) is 5.73 Å². The van der Waals surface area contributed by atoms with Crippen LogP contribution in [0.1, 0.15) is 9.75 Å².